The second-order valence-corrected chi connectivity index (χ2v) is 8.06. The second kappa shape index (κ2) is 8.41. The van der Waals surface area contributed by atoms with Crippen molar-refractivity contribution >= 4 is 33.6 Å². The summed E-state index contributed by atoms with van der Waals surface area (Å²) in [6.07, 6.45) is -0.236. The predicted molar refractivity (Wildman–Crippen MR) is 98.9 cm³/mol. The summed E-state index contributed by atoms with van der Waals surface area (Å²) in [6, 6.07) is 5.57. The molecule has 1 aromatic rings. The Morgan fingerprint density at radius 3 is 2.50 bits per heavy atom. The number of hydrogen-bond acceptors (Lipinski definition) is 4. The first-order chi connectivity index (χ1) is 11.2. The van der Waals surface area contributed by atoms with E-state index in [1.165, 1.54) is 0 Å². The fourth-order valence-corrected chi connectivity index (χ4v) is 3.09. The molecule has 5 nitrogen and oxygen atoms in total. The summed E-state index contributed by atoms with van der Waals surface area (Å²) in [5.74, 6) is 0.687. The average Bonchev–Trinajstić information content (AvgIpc) is 2.48. The van der Waals surface area contributed by atoms with Crippen LogP contribution in [0.5, 0.6) is 5.75 Å². The van der Waals surface area contributed by atoms with Crippen LogP contribution in [-0.2, 0) is 4.74 Å². The van der Waals surface area contributed by atoms with E-state index in [-0.39, 0.29) is 6.09 Å². The number of halogens is 2. The molecule has 1 saturated heterocycles. The summed E-state index contributed by atoms with van der Waals surface area (Å²) < 4.78 is 12.1. The molecule has 0 saturated carbocycles. The molecule has 0 atom stereocenters. The Hall–Kier alpha value is -0.980. The monoisotopic (exact) mass is 418 g/mol. The lowest BCUT2D eigenvalue weighted by Crippen LogP contribution is -2.50. The van der Waals surface area contributed by atoms with Crippen molar-refractivity contribution in [2.75, 3.05) is 39.3 Å². The van der Waals surface area contributed by atoms with Crippen LogP contribution in [0.4, 0.5) is 4.79 Å². The molecule has 1 heterocycles. The molecule has 1 aliphatic heterocycles. The molecule has 0 aliphatic carbocycles. The summed E-state index contributed by atoms with van der Waals surface area (Å²) >= 11 is 9.50. The summed E-state index contributed by atoms with van der Waals surface area (Å²) in [6.45, 7) is 9.99. The molecule has 0 bridgehead atoms. The smallest absolute Gasteiger partial charge is 0.410 e. The number of amides is 1. The van der Waals surface area contributed by atoms with Gasteiger partial charge < -0.3 is 14.4 Å². The minimum Gasteiger partial charge on any atom is -0.491 e. The second-order valence-electron chi connectivity index (χ2n) is 6.73. The summed E-state index contributed by atoms with van der Waals surface area (Å²) in [4.78, 5) is 16.1. The SMILES string of the molecule is CC(C)(C)OC(=O)N1CCN(CCOc2ccc(Br)cc2Cl)CC1. The van der Waals surface area contributed by atoms with Gasteiger partial charge >= 0.3 is 6.09 Å². The van der Waals surface area contributed by atoms with Gasteiger partial charge in [0, 0.05) is 37.2 Å². The molecule has 0 N–H and O–H groups in total. The van der Waals surface area contributed by atoms with Crippen molar-refractivity contribution in [2.24, 2.45) is 0 Å². The zero-order chi connectivity index (χ0) is 17.7. The fourth-order valence-electron chi connectivity index (χ4n) is 2.36. The summed E-state index contributed by atoms with van der Waals surface area (Å²) in [5, 5.41) is 0.596. The normalized spacial score (nSPS) is 16.1. The Morgan fingerprint density at radius 1 is 1.25 bits per heavy atom. The minimum atomic E-state index is -0.452. The van der Waals surface area contributed by atoms with Crippen LogP contribution in [0.2, 0.25) is 5.02 Å². The molecule has 0 aromatic heterocycles. The lowest BCUT2D eigenvalue weighted by molar-refractivity contribution is 0.0137. The standard InChI is InChI=1S/C17H24BrClN2O3/c1-17(2,3)24-16(22)21-8-6-20(7-9-21)10-11-23-15-5-4-13(18)12-14(15)19/h4-5,12H,6-11H2,1-3H3. The van der Waals surface area contributed by atoms with Gasteiger partial charge in [0.05, 0.1) is 5.02 Å². The average molecular weight is 420 g/mol. The van der Waals surface area contributed by atoms with E-state index in [4.69, 9.17) is 21.1 Å². The Balaban J connectivity index is 1.70. The molecule has 7 heteroatoms. The highest BCUT2D eigenvalue weighted by molar-refractivity contribution is 9.10. The lowest BCUT2D eigenvalue weighted by Gasteiger charge is -2.35. The summed E-state index contributed by atoms with van der Waals surface area (Å²) in [5.41, 5.74) is -0.452. The lowest BCUT2D eigenvalue weighted by atomic mass is 10.2. The zero-order valence-corrected chi connectivity index (χ0v) is 16.7. The highest BCUT2D eigenvalue weighted by atomic mass is 79.9. The first kappa shape index (κ1) is 19.3. The number of hydrogen-bond donors (Lipinski definition) is 0. The molecule has 1 fully saturated rings. The number of carbonyl (C=O) groups excluding carboxylic acids is 1. The van der Waals surface area contributed by atoms with Gasteiger partial charge in [0.2, 0.25) is 0 Å². The van der Waals surface area contributed by atoms with Crippen molar-refractivity contribution in [3.05, 3.63) is 27.7 Å². The maximum atomic E-state index is 12.0. The van der Waals surface area contributed by atoms with Crippen molar-refractivity contribution in [1.82, 2.24) is 9.80 Å². The van der Waals surface area contributed by atoms with Crippen LogP contribution in [0.1, 0.15) is 20.8 Å². The van der Waals surface area contributed by atoms with E-state index in [2.05, 4.69) is 20.8 Å². The number of benzene rings is 1. The highest BCUT2D eigenvalue weighted by Crippen LogP contribution is 2.27. The number of rotatable bonds is 4. The fraction of sp³-hybridized carbons (Fsp3) is 0.588. The van der Waals surface area contributed by atoms with Gasteiger partial charge in [-0.25, -0.2) is 4.79 Å². The van der Waals surface area contributed by atoms with Gasteiger partial charge in [0.15, 0.2) is 0 Å². The molecule has 24 heavy (non-hydrogen) atoms. The number of carbonyl (C=O) groups is 1. The Morgan fingerprint density at radius 2 is 1.92 bits per heavy atom. The number of piperazine rings is 1. The highest BCUT2D eigenvalue weighted by Gasteiger charge is 2.25. The van der Waals surface area contributed by atoms with E-state index in [0.717, 1.165) is 24.1 Å². The number of ether oxygens (including phenoxy) is 2. The van der Waals surface area contributed by atoms with Crippen LogP contribution in [0, 0.1) is 0 Å². The van der Waals surface area contributed by atoms with Gasteiger partial charge in [-0.3, -0.25) is 4.90 Å². The molecule has 1 amide bonds. The molecule has 1 aliphatic rings. The van der Waals surface area contributed by atoms with E-state index >= 15 is 0 Å². The molecule has 134 valence electrons. The molecule has 2 rings (SSSR count). The Bertz CT molecular complexity index is 569. The van der Waals surface area contributed by atoms with Gasteiger partial charge in [-0.05, 0) is 39.0 Å². The van der Waals surface area contributed by atoms with Crippen molar-refractivity contribution in [3.63, 3.8) is 0 Å². The van der Waals surface area contributed by atoms with Gasteiger partial charge in [-0.15, -0.1) is 0 Å². The first-order valence-electron chi connectivity index (χ1n) is 8.03. The van der Waals surface area contributed by atoms with E-state index < -0.39 is 5.60 Å². The van der Waals surface area contributed by atoms with E-state index in [0.29, 0.717) is 30.5 Å². The van der Waals surface area contributed by atoms with E-state index in [9.17, 15) is 4.79 Å². The maximum absolute atomic E-state index is 12.0. The van der Waals surface area contributed by atoms with Crippen molar-refractivity contribution < 1.29 is 14.3 Å². The molecule has 1 aromatic carbocycles. The molecule has 0 unspecified atom stereocenters. The van der Waals surface area contributed by atoms with Crippen LogP contribution >= 0.6 is 27.5 Å². The van der Waals surface area contributed by atoms with E-state index in [1.807, 2.05) is 39.0 Å². The molecule has 0 spiro atoms. The van der Waals surface area contributed by atoms with Crippen LogP contribution in [0.25, 0.3) is 0 Å². The predicted octanol–water partition coefficient (Wildman–Crippen LogP) is 4.03. The van der Waals surface area contributed by atoms with Crippen LogP contribution in [0.15, 0.2) is 22.7 Å². The summed E-state index contributed by atoms with van der Waals surface area (Å²) in [7, 11) is 0. The van der Waals surface area contributed by atoms with Crippen LogP contribution < -0.4 is 4.74 Å². The zero-order valence-electron chi connectivity index (χ0n) is 14.3. The van der Waals surface area contributed by atoms with Gasteiger partial charge in [-0.2, -0.15) is 0 Å². The quantitative estimate of drug-likeness (QED) is 0.739. The van der Waals surface area contributed by atoms with Gasteiger partial charge in [0.1, 0.15) is 18.0 Å². The molecular formula is C17H24BrClN2O3. The first-order valence-corrected chi connectivity index (χ1v) is 9.20. The van der Waals surface area contributed by atoms with Gasteiger partial charge in [-0.1, -0.05) is 27.5 Å². The van der Waals surface area contributed by atoms with Crippen molar-refractivity contribution in [3.8, 4) is 5.75 Å². The molecule has 0 radical (unpaired) electrons. The largest absolute Gasteiger partial charge is 0.491 e. The van der Waals surface area contributed by atoms with Crippen molar-refractivity contribution in [2.45, 2.75) is 26.4 Å². The number of nitrogens with zero attached hydrogens (tertiary/aromatic N) is 2. The van der Waals surface area contributed by atoms with Crippen LogP contribution in [-0.4, -0.2) is 60.8 Å². The minimum absolute atomic E-state index is 0.236. The third-order valence-electron chi connectivity index (χ3n) is 3.58. The molecular weight excluding hydrogens is 396 g/mol. The Labute approximate surface area is 157 Å². The maximum Gasteiger partial charge on any atom is 0.410 e. The topological polar surface area (TPSA) is 42.0 Å². The van der Waals surface area contributed by atoms with Gasteiger partial charge in [0.25, 0.3) is 0 Å². The van der Waals surface area contributed by atoms with E-state index in [1.54, 1.807) is 4.90 Å². The third-order valence-corrected chi connectivity index (χ3v) is 4.37. The third kappa shape index (κ3) is 6.15. The van der Waals surface area contributed by atoms with Crippen LogP contribution in [0.3, 0.4) is 0 Å². The van der Waals surface area contributed by atoms with Crippen molar-refractivity contribution in [1.29, 1.82) is 0 Å². The Kier molecular flexibility index (Phi) is 6.78.